The van der Waals surface area contributed by atoms with E-state index < -0.39 is 23.6 Å². The summed E-state index contributed by atoms with van der Waals surface area (Å²) in [5.41, 5.74) is -0.589. The zero-order valence-corrected chi connectivity index (χ0v) is 15.0. The molecule has 2 saturated heterocycles. The Morgan fingerprint density at radius 3 is 2.89 bits per heavy atom. The molecule has 0 saturated carbocycles. The zero-order valence-electron chi connectivity index (χ0n) is 15.0. The first-order chi connectivity index (χ1) is 12.9. The highest BCUT2D eigenvalue weighted by molar-refractivity contribution is 5.90. The third-order valence-corrected chi connectivity index (χ3v) is 4.58. The number of ether oxygens (including phenoxy) is 1. The summed E-state index contributed by atoms with van der Waals surface area (Å²) in [7, 11) is 0. The van der Waals surface area contributed by atoms with Gasteiger partial charge in [-0.05, 0) is 44.1 Å². The molecule has 0 aromatic heterocycles. The van der Waals surface area contributed by atoms with Gasteiger partial charge in [-0.3, -0.25) is 9.69 Å². The van der Waals surface area contributed by atoms with Gasteiger partial charge in [-0.2, -0.15) is 0 Å². The number of anilines is 1. The van der Waals surface area contributed by atoms with Crippen LogP contribution in [0.1, 0.15) is 25.3 Å². The maximum atomic E-state index is 14.4. The fourth-order valence-corrected chi connectivity index (χ4v) is 3.02. The van der Waals surface area contributed by atoms with Crippen LogP contribution in [0.3, 0.4) is 0 Å². The van der Waals surface area contributed by atoms with Crippen LogP contribution in [0.5, 0.6) is 0 Å². The standard InChI is InChI=1S/C19H22FN3O4/c1-13(24)22-11-16-12-23(18(25)27-16)15-3-2-14(17(20)10-15)4-5-19(26)6-8-21-9-7-19/h2-3,10,16,21,26H,6-9,11-12H2,1H3,(H,22,24)/t16-/m0/s1. The molecular formula is C19H22FN3O4. The molecule has 0 unspecified atom stereocenters. The smallest absolute Gasteiger partial charge is 0.414 e. The lowest BCUT2D eigenvalue weighted by Gasteiger charge is -2.27. The van der Waals surface area contributed by atoms with Crippen LogP contribution in [-0.2, 0) is 9.53 Å². The number of piperidine rings is 1. The largest absolute Gasteiger partial charge is 0.442 e. The molecule has 3 rings (SSSR count). The highest BCUT2D eigenvalue weighted by atomic mass is 19.1. The Balaban J connectivity index is 1.70. The van der Waals surface area contributed by atoms with Gasteiger partial charge < -0.3 is 20.5 Å². The number of nitrogens with zero attached hydrogens (tertiary/aromatic N) is 1. The van der Waals surface area contributed by atoms with E-state index in [1.54, 1.807) is 6.07 Å². The number of aliphatic hydroxyl groups is 1. The van der Waals surface area contributed by atoms with E-state index in [-0.39, 0.29) is 24.6 Å². The molecule has 2 aliphatic rings. The molecule has 2 amide bonds. The van der Waals surface area contributed by atoms with Crippen molar-refractivity contribution in [2.75, 3.05) is 31.1 Å². The van der Waals surface area contributed by atoms with Gasteiger partial charge in [0.2, 0.25) is 5.91 Å². The Morgan fingerprint density at radius 2 is 2.22 bits per heavy atom. The topological polar surface area (TPSA) is 90.9 Å². The van der Waals surface area contributed by atoms with Crippen molar-refractivity contribution in [2.24, 2.45) is 0 Å². The van der Waals surface area contributed by atoms with Gasteiger partial charge in [0.25, 0.3) is 0 Å². The normalized spacial score (nSPS) is 21.2. The molecule has 1 atom stereocenters. The van der Waals surface area contributed by atoms with E-state index in [1.165, 1.54) is 24.0 Å². The Labute approximate surface area is 156 Å². The summed E-state index contributed by atoms with van der Waals surface area (Å²) in [5.74, 6) is 4.69. The van der Waals surface area contributed by atoms with Crippen molar-refractivity contribution >= 4 is 17.7 Å². The minimum atomic E-state index is -1.11. The molecule has 0 bridgehead atoms. The van der Waals surface area contributed by atoms with Crippen molar-refractivity contribution in [1.29, 1.82) is 0 Å². The minimum absolute atomic E-state index is 0.160. The number of carbonyl (C=O) groups is 2. The fraction of sp³-hybridized carbons (Fsp3) is 0.474. The lowest BCUT2D eigenvalue weighted by molar-refractivity contribution is -0.119. The van der Waals surface area contributed by atoms with Crippen LogP contribution in [0.15, 0.2) is 18.2 Å². The zero-order chi connectivity index (χ0) is 19.4. The maximum absolute atomic E-state index is 14.4. The van der Waals surface area contributed by atoms with Gasteiger partial charge in [-0.25, -0.2) is 9.18 Å². The number of benzene rings is 1. The first-order valence-electron chi connectivity index (χ1n) is 8.85. The SMILES string of the molecule is CC(=O)NC[C@H]1CN(c2ccc(C#CC3(O)CCNCC3)c(F)c2)C(=O)O1. The van der Waals surface area contributed by atoms with E-state index in [9.17, 15) is 19.1 Å². The number of rotatable bonds is 3. The predicted octanol–water partition coefficient (Wildman–Crippen LogP) is 0.753. The summed E-state index contributed by atoms with van der Waals surface area (Å²) in [6.07, 6.45) is -0.0880. The lowest BCUT2D eigenvalue weighted by Crippen LogP contribution is -2.40. The summed E-state index contributed by atoms with van der Waals surface area (Å²) in [6.45, 7) is 3.14. The molecule has 2 fully saturated rings. The van der Waals surface area contributed by atoms with Crippen LogP contribution in [0, 0.1) is 17.7 Å². The van der Waals surface area contributed by atoms with Gasteiger partial charge in [-0.1, -0.05) is 11.8 Å². The molecule has 3 N–H and O–H groups in total. The Bertz CT molecular complexity index is 796. The van der Waals surface area contributed by atoms with E-state index in [2.05, 4.69) is 22.5 Å². The Morgan fingerprint density at radius 1 is 1.48 bits per heavy atom. The van der Waals surface area contributed by atoms with Crippen molar-refractivity contribution in [3.63, 3.8) is 0 Å². The van der Waals surface area contributed by atoms with Crippen LogP contribution in [0.4, 0.5) is 14.9 Å². The molecule has 8 heteroatoms. The van der Waals surface area contributed by atoms with Crippen LogP contribution in [-0.4, -0.2) is 55.0 Å². The summed E-state index contributed by atoms with van der Waals surface area (Å²) in [5, 5.41) is 16.1. The Kier molecular flexibility index (Phi) is 5.63. The maximum Gasteiger partial charge on any atom is 0.414 e. The molecule has 0 radical (unpaired) electrons. The number of cyclic esters (lactones) is 1. The number of amides is 2. The molecule has 7 nitrogen and oxygen atoms in total. The average molecular weight is 375 g/mol. The number of halogens is 1. The van der Waals surface area contributed by atoms with Crippen molar-refractivity contribution < 1.29 is 23.8 Å². The van der Waals surface area contributed by atoms with E-state index in [1.807, 2.05) is 0 Å². The third-order valence-electron chi connectivity index (χ3n) is 4.58. The monoisotopic (exact) mass is 375 g/mol. The van der Waals surface area contributed by atoms with Gasteiger partial charge in [0, 0.05) is 6.92 Å². The van der Waals surface area contributed by atoms with Crippen LogP contribution >= 0.6 is 0 Å². The van der Waals surface area contributed by atoms with Crippen molar-refractivity contribution in [3.8, 4) is 11.8 Å². The second-order valence-corrected chi connectivity index (χ2v) is 6.75. The first-order valence-corrected chi connectivity index (χ1v) is 8.85. The molecule has 0 spiro atoms. The average Bonchev–Trinajstić information content (AvgIpc) is 3.00. The lowest BCUT2D eigenvalue weighted by atomic mass is 9.93. The third kappa shape index (κ3) is 4.76. The van der Waals surface area contributed by atoms with Gasteiger partial charge in [0.05, 0.1) is 24.3 Å². The van der Waals surface area contributed by atoms with Crippen LogP contribution in [0.2, 0.25) is 0 Å². The van der Waals surface area contributed by atoms with Gasteiger partial charge in [0.15, 0.2) is 0 Å². The predicted molar refractivity (Wildman–Crippen MR) is 96.6 cm³/mol. The second-order valence-electron chi connectivity index (χ2n) is 6.75. The van der Waals surface area contributed by atoms with E-state index >= 15 is 0 Å². The van der Waals surface area contributed by atoms with Crippen LogP contribution < -0.4 is 15.5 Å². The number of hydrogen-bond donors (Lipinski definition) is 3. The van der Waals surface area contributed by atoms with Crippen molar-refractivity contribution in [2.45, 2.75) is 31.5 Å². The van der Waals surface area contributed by atoms with Gasteiger partial charge in [-0.15, -0.1) is 0 Å². The molecule has 2 aliphatic heterocycles. The quantitative estimate of drug-likeness (QED) is 0.679. The van der Waals surface area contributed by atoms with E-state index in [0.717, 1.165) is 0 Å². The molecule has 27 heavy (non-hydrogen) atoms. The number of carbonyl (C=O) groups excluding carboxylic acids is 2. The second kappa shape index (κ2) is 7.94. The minimum Gasteiger partial charge on any atom is -0.442 e. The van der Waals surface area contributed by atoms with Crippen molar-refractivity contribution in [1.82, 2.24) is 10.6 Å². The Hall–Kier alpha value is -2.63. The summed E-state index contributed by atoms with van der Waals surface area (Å²) < 4.78 is 19.6. The molecule has 1 aromatic carbocycles. The van der Waals surface area contributed by atoms with Crippen molar-refractivity contribution in [3.05, 3.63) is 29.6 Å². The molecule has 144 valence electrons. The highest BCUT2D eigenvalue weighted by Crippen LogP contribution is 2.24. The van der Waals surface area contributed by atoms with Gasteiger partial charge in [0.1, 0.15) is 17.5 Å². The molecule has 1 aromatic rings. The molecule has 2 heterocycles. The summed E-state index contributed by atoms with van der Waals surface area (Å²) in [4.78, 5) is 24.3. The van der Waals surface area contributed by atoms with Crippen LogP contribution in [0.25, 0.3) is 0 Å². The number of hydrogen-bond acceptors (Lipinski definition) is 5. The number of nitrogens with one attached hydrogen (secondary N) is 2. The molecule has 0 aliphatic carbocycles. The van der Waals surface area contributed by atoms with E-state index in [4.69, 9.17) is 4.74 Å². The summed E-state index contributed by atoms with van der Waals surface area (Å²) in [6, 6.07) is 4.29. The summed E-state index contributed by atoms with van der Waals surface area (Å²) >= 11 is 0. The fourth-order valence-electron chi connectivity index (χ4n) is 3.02. The highest BCUT2D eigenvalue weighted by Gasteiger charge is 2.32. The molecular weight excluding hydrogens is 353 g/mol. The first kappa shape index (κ1) is 19.1. The van der Waals surface area contributed by atoms with Gasteiger partial charge >= 0.3 is 6.09 Å². The van der Waals surface area contributed by atoms with E-state index in [0.29, 0.717) is 31.6 Å².